The predicted octanol–water partition coefficient (Wildman–Crippen LogP) is 6.35. The maximum absolute atomic E-state index is 6.14. The Morgan fingerprint density at radius 3 is 2.62 bits per heavy atom. The first-order valence-electron chi connectivity index (χ1n) is 8.97. The largest absolute Gasteiger partial charge is 0.494 e. The Bertz CT molecular complexity index is 1200. The lowest BCUT2D eigenvalue weighted by atomic mass is 10.3. The van der Waals surface area contributed by atoms with E-state index in [1.54, 1.807) is 10.9 Å². The van der Waals surface area contributed by atoms with Crippen molar-refractivity contribution in [3.8, 4) is 16.3 Å². The average Bonchev–Trinajstić information content (AvgIpc) is 3.42. The molecule has 29 heavy (non-hydrogen) atoms. The number of furan rings is 1. The van der Waals surface area contributed by atoms with Gasteiger partial charge < -0.3 is 9.15 Å². The van der Waals surface area contributed by atoms with Crippen molar-refractivity contribution in [2.45, 2.75) is 13.8 Å². The van der Waals surface area contributed by atoms with Crippen LogP contribution >= 0.6 is 34.3 Å². The summed E-state index contributed by atoms with van der Waals surface area (Å²) in [5, 5.41) is 6.66. The molecule has 0 amide bonds. The minimum Gasteiger partial charge on any atom is -0.494 e. The van der Waals surface area contributed by atoms with Crippen molar-refractivity contribution in [1.82, 2.24) is 4.68 Å². The van der Waals surface area contributed by atoms with Crippen LogP contribution in [0.15, 0.2) is 68.4 Å². The van der Waals surface area contributed by atoms with Crippen LogP contribution in [-0.2, 0) is 0 Å². The Labute approximate surface area is 181 Å². The summed E-state index contributed by atoms with van der Waals surface area (Å²) in [5.41, 5.74) is 1.75. The summed E-state index contributed by atoms with van der Waals surface area (Å²) in [6, 6.07) is 15.3. The SMILES string of the molecule is CCOc1ccc(N=c2scc(-c3ccc(Cl)s3)n2N=Cc2ccc(C)o2)cc1. The highest BCUT2D eigenvalue weighted by molar-refractivity contribution is 7.19. The predicted molar refractivity (Wildman–Crippen MR) is 120 cm³/mol. The van der Waals surface area contributed by atoms with Crippen LogP contribution in [0, 0.1) is 6.92 Å². The quantitative estimate of drug-likeness (QED) is 0.326. The highest BCUT2D eigenvalue weighted by Crippen LogP contribution is 2.31. The first kappa shape index (κ1) is 19.7. The van der Waals surface area contributed by atoms with Crippen molar-refractivity contribution < 1.29 is 9.15 Å². The van der Waals surface area contributed by atoms with E-state index >= 15 is 0 Å². The lowest BCUT2D eigenvalue weighted by Crippen LogP contribution is -2.11. The second-order valence-corrected chi connectivity index (χ2v) is 8.60. The molecular weight excluding hydrogens is 426 g/mol. The molecule has 4 aromatic rings. The molecule has 0 unspecified atom stereocenters. The van der Waals surface area contributed by atoms with Gasteiger partial charge in [0, 0.05) is 5.38 Å². The summed E-state index contributed by atoms with van der Waals surface area (Å²) in [7, 11) is 0. The highest BCUT2D eigenvalue weighted by Gasteiger charge is 2.10. The second kappa shape index (κ2) is 8.82. The molecule has 4 rings (SSSR count). The van der Waals surface area contributed by atoms with Gasteiger partial charge in [0.1, 0.15) is 17.3 Å². The van der Waals surface area contributed by atoms with Crippen molar-refractivity contribution in [3.63, 3.8) is 0 Å². The van der Waals surface area contributed by atoms with Crippen LogP contribution in [0.1, 0.15) is 18.4 Å². The molecule has 3 heterocycles. The van der Waals surface area contributed by atoms with Crippen molar-refractivity contribution in [2.75, 3.05) is 6.61 Å². The minimum absolute atomic E-state index is 0.634. The van der Waals surface area contributed by atoms with E-state index in [0.717, 1.165) is 36.9 Å². The van der Waals surface area contributed by atoms with E-state index in [2.05, 4.69) is 5.10 Å². The second-order valence-electron chi connectivity index (χ2n) is 6.05. The third kappa shape index (κ3) is 4.70. The van der Waals surface area contributed by atoms with E-state index in [4.69, 9.17) is 25.7 Å². The maximum Gasteiger partial charge on any atom is 0.211 e. The molecule has 0 atom stereocenters. The van der Waals surface area contributed by atoms with Crippen molar-refractivity contribution >= 4 is 46.2 Å². The van der Waals surface area contributed by atoms with Gasteiger partial charge >= 0.3 is 0 Å². The van der Waals surface area contributed by atoms with Gasteiger partial charge in [-0.1, -0.05) is 11.6 Å². The number of halogens is 1. The first-order chi connectivity index (χ1) is 14.1. The highest BCUT2D eigenvalue weighted by atomic mass is 35.5. The van der Waals surface area contributed by atoms with E-state index in [9.17, 15) is 0 Å². The topological polar surface area (TPSA) is 52.0 Å². The maximum atomic E-state index is 6.14. The molecule has 0 bridgehead atoms. The lowest BCUT2D eigenvalue weighted by molar-refractivity contribution is 0.340. The molecule has 1 aromatic carbocycles. The zero-order valence-electron chi connectivity index (χ0n) is 15.8. The number of thiazole rings is 1. The van der Waals surface area contributed by atoms with Gasteiger partial charge in [0.2, 0.25) is 4.80 Å². The summed E-state index contributed by atoms with van der Waals surface area (Å²) >= 11 is 9.16. The fraction of sp³-hybridized carbons (Fsp3) is 0.143. The van der Waals surface area contributed by atoms with E-state index in [1.807, 2.05) is 67.8 Å². The standard InChI is InChI=1S/C21H18ClN3O2S2/c1-3-26-16-8-5-15(6-9-16)24-21-25(23-12-17-7-4-14(2)27-17)18(13-28-21)19-10-11-20(22)29-19/h4-13H,3H2,1-2H3. The molecule has 0 N–H and O–H groups in total. The van der Waals surface area contributed by atoms with Crippen molar-refractivity contribution in [3.05, 3.63) is 74.6 Å². The molecule has 5 nitrogen and oxygen atoms in total. The Hall–Kier alpha value is -2.61. The van der Waals surface area contributed by atoms with Gasteiger partial charge in [-0.2, -0.15) is 5.10 Å². The first-order valence-corrected chi connectivity index (χ1v) is 11.0. The number of thiophene rings is 1. The number of hydrogen-bond donors (Lipinski definition) is 0. The van der Waals surface area contributed by atoms with Gasteiger partial charge in [0.15, 0.2) is 0 Å². The number of rotatable bonds is 6. The number of benzene rings is 1. The van der Waals surface area contributed by atoms with Crippen molar-refractivity contribution in [1.29, 1.82) is 0 Å². The van der Waals surface area contributed by atoms with E-state index in [1.165, 1.54) is 22.7 Å². The lowest BCUT2D eigenvalue weighted by Gasteiger charge is -2.02. The van der Waals surface area contributed by atoms with Gasteiger partial charge in [-0.15, -0.1) is 22.7 Å². The fourth-order valence-electron chi connectivity index (χ4n) is 2.64. The smallest absolute Gasteiger partial charge is 0.211 e. The molecule has 0 saturated heterocycles. The molecule has 148 valence electrons. The van der Waals surface area contributed by atoms with Gasteiger partial charge in [0.25, 0.3) is 0 Å². The van der Waals surface area contributed by atoms with Crippen LogP contribution < -0.4 is 9.54 Å². The summed E-state index contributed by atoms with van der Waals surface area (Å²) in [5.74, 6) is 2.35. The van der Waals surface area contributed by atoms with Crippen LogP contribution in [0.3, 0.4) is 0 Å². The van der Waals surface area contributed by atoms with E-state index < -0.39 is 0 Å². The zero-order valence-corrected chi connectivity index (χ0v) is 18.2. The number of nitrogens with zero attached hydrogens (tertiary/aromatic N) is 3. The van der Waals surface area contributed by atoms with Crippen LogP contribution in [0.25, 0.3) is 10.6 Å². The Balaban J connectivity index is 1.76. The zero-order chi connectivity index (χ0) is 20.2. The Morgan fingerprint density at radius 1 is 1.14 bits per heavy atom. The molecule has 0 fully saturated rings. The normalized spacial score (nSPS) is 12.2. The number of hydrogen-bond acceptors (Lipinski definition) is 6. The summed E-state index contributed by atoms with van der Waals surface area (Å²) in [4.78, 5) is 6.53. The van der Waals surface area contributed by atoms with E-state index in [0.29, 0.717) is 12.4 Å². The molecule has 0 aliphatic rings. The van der Waals surface area contributed by atoms with Crippen LogP contribution in [-0.4, -0.2) is 17.5 Å². The molecule has 0 aliphatic heterocycles. The molecule has 0 aliphatic carbocycles. The van der Waals surface area contributed by atoms with Crippen LogP contribution in [0.2, 0.25) is 4.34 Å². The monoisotopic (exact) mass is 443 g/mol. The van der Waals surface area contributed by atoms with Gasteiger partial charge in [-0.3, -0.25) is 0 Å². The summed E-state index contributed by atoms with van der Waals surface area (Å²) < 4.78 is 13.6. The van der Waals surface area contributed by atoms with Gasteiger partial charge in [0.05, 0.1) is 33.4 Å². The molecule has 0 saturated carbocycles. The molecule has 3 aromatic heterocycles. The third-order valence-corrected chi connectivity index (χ3v) is 6.01. The van der Waals surface area contributed by atoms with Gasteiger partial charge in [-0.25, -0.2) is 9.67 Å². The summed E-state index contributed by atoms with van der Waals surface area (Å²) in [6.07, 6.45) is 1.69. The van der Waals surface area contributed by atoms with Gasteiger partial charge in [-0.05, 0) is 62.4 Å². The Morgan fingerprint density at radius 2 is 1.97 bits per heavy atom. The molecule has 0 spiro atoms. The van der Waals surface area contributed by atoms with Crippen molar-refractivity contribution in [2.24, 2.45) is 10.1 Å². The average molecular weight is 444 g/mol. The third-order valence-electron chi connectivity index (χ3n) is 3.95. The Kier molecular flexibility index (Phi) is 5.99. The van der Waals surface area contributed by atoms with Crippen LogP contribution in [0.5, 0.6) is 5.75 Å². The molecular formula is C21H18ClN3O2S2. The number of ether oxygens (including phenoxy) is 1. The van der Waals surface area contributed by atoms with Crippen LogP contribution in [0.4, 0.5) is 5.69 Å². The van der Waals surface area contributed by atoms with E-state index in [-0.39, 0.29) is 0 Å². The number of aryl methyl sites for hydroxylation is 1. The summed E-state index contributed by atoms with van der Waals surface area (Å²) in [6.45, 7) is 4.50. The number of aromatic nitrogens is 1. The minimum atomic E-state index is 0.634. The molecule has 8 heteroatoms. The fourth-order valence-corrected chi connectivity index (χ4v) is 4.61. The molecule has 0 radical (unpaired) electrons.